The molecule has 4 nitrogen and oxygen atoms in total. The molecule has 2 aromatic heterocycles. The van der Waals surface area contributed by atoms with Gasteiger partial charge in [-0.3, -0.25) is 4.79 Å². The second-order valence-corrected chi connectivity index (χ2v) is 7.99. The van der Waals surface area contributed by atoms with Crippen LogP contribution in [0.1, 0.15) is 0 Å². The van der Waals surface area contributed by atoms with Crippen molar-refractivity contribution < 1.29 is 0 Å². The average molecular weight is 434 g/mol. The molecular weight excluding hydrogens is 422 g/mol. The van der Waals surface area contributed by atoms with Crippen LogP contribution in [0.15, 0.2) is 82.1 Å². The second-order valence-electron chi connectivity index (χ2n) is 6.07. The molecular formula is C21H12BrN3OS. The van der Waals surface area contributed by atoms with Crippen LogP contribution in [0.3, 0.4) is 0 Å². The molecule has 0 amide bonds. The van der Waals surface area contributed by atoms with Crippen molar-refractivity contribution in [3.05, 3.63) is 87.6 Å². The maximum Gasteiger partial charge on any atom is 0.268 e. The SMILES string of the molecule is O=c1c2ccccc2nc(-c2ccccc2)n1-c1nc2cc(Br)ccc2s1. The zero-order valence-corrected chi connectivity index (χ0v) is 16.4. The van der Waals surface area contributed by atoms with Crippen molar-refractivity contribution in [3.63, 3.8) is 0 Å². The van der Waals surface area contributed by atoms with Crippen molar-refractivity contribution in [1.82, 2.24) is 14.5 Å². The van der Waals surface area contributed by atoms with Gasteiger partial charge in [0.2, 0.25) is 0 Å². The van der Waals surface area contributed by atoms with E-state index in [1.165, 1.54) is 11.3 Å². The zero-order valence-electron chi connectivity index (χ0n) is 14.0. The molecule has 27 heavy (non-hydrogen) atoms. The molecule has 0 aliphatic rings. The number of nitrogens with zero attached hydrogens (tertiary/aromatic N) is 3. The van der Waals surface area contributed by atoms with Gasteiger partial charge in [0, 0.05) is 10.0 Å². The van der Waals surface area contributed by atoms with E-state index in [0.717, 1.165) is 20.3 Å². The normalized spacial score (nSPS) is 11.3. The first kappa shape index (κ1) is 16.4. The van der Waals surface area contributed by atoms with Crippen molar-refractivity contribution in [2.75, 3.05) is 0 Å². The van der Waals surface area contributed by atoms with Crippen LogP contribution in [0.25, 0.3) is 37.6 Å². The van der Waals surface area contributed by atoms with Crippen LogP contribution >= 0.6 is 27.3 Å². The maximum atomic E-state index is 13.3. The minimum absolute atomic E-state index is 0.113. The lowest BCUT2D eigenvalue weighted by atomic mass is 10.2. The summed E-state index contributed by atoms with van der Waals surface area (Å²) < 4.78 is 3.60. The largest absolute Gasteiger partial charge is 0.268 e. The van der Waals surface area contributed by atoms with Gasteiger partial charge in [-0.05, 0) is 30.3 Å². The van der Waals surface area contributed by atoms with Crippen molar-refractivity contribution >= 4 is 48.4 Å². The molecule has 0 N–H and O–H groups in total. The predicted molar refractivity (Wildman–Crippen MR) is 114 cm³/mol. The lowest BCUT2D eigenvalue weighted by Gasteiger charge is -2.11. The Bertz CT molecular complexity index is 1360. The summed E-state index contributed by atoms with van der Waals surface area (Å²) in [4.78, 5) is 22.8. The smallest absolute Gasteiger partial charge is 0.268 e. The zero-order chi connectivity index (χ0) is 18.4. The molecule has 0 aliphatic heterocycles. The second kappa shape index (κ2) is 6.40. The first-order chi connectivity index (χ1) is 13.2. The Morgan fingerprint density at radius 3 is 2.48 bits per heavy atom. The van der Waals surface area contributed by atoms with Gasteiger partial charge < -0.3 is 0 Å². The van der Waals surface area contributed by atoms with Crippen molar-refractivity contribution in [2.24, 2.45) is 0 Å². The van der Waals surface area contributed by atoms with Crippen LogP contribution in [0.4, 0.5) is 0 Å². The highest BCUT2D eigenvalue weighted by Crippen LogP contribution is 2.29. The fourth-order valence-electron chi connectivity index (χ4n) is 3.08. The molecule has 6 heteroatoms. The van der Waals surface area contributed by atoms with Crippen LogP contribution in [-0.2, 0) is 0 Å². The lowest BCUT2D eigenvalue weighted by Crippen LogP contribution is -2.21. The monoisotopic (exact) mass is 433 g/mol. The number of hydrogen-bond acceptors (Lipinski definition) is 4. The van der Waals surface area contributed by atoms with Gasteiger partial charge in [-0.15, -0.1) is 0 Å². The molecule has 0 atom stereocenters. The van der Waals surface area contributed by atoms with E-state index in [1.807, 2.05) is 66.7 Å². The third kappa shape index (κ3) is 2.78. The highest BCUT2D eigenvalue weighted by atomic mass is 79.9. The van der Waals surface area contributed by atoms with E-state index in [0.29, 0.717) is 21.9 Å². The number of halogens is 1. The van der Waals surface area contributed by atoms with E-state index < -0.39 is 0 Å². The van der Waals surface area contributed by atoms with Crippen molar-refractivity contribution in [2.45, 2.75) is 0 Å². The summed E-state index contributed by atoms with van der Waals surface area (Å²) in [6, 6.07) is 23.1. The summed E-state index contributed by atoms with van der Waals surface area (Å²) in [6.45, 7) is 0. The number of thiazole rings is 1. The first-order valence-corrected chi connectivity index (χ1v) is 9.95. The van der Waals surface area contributed by atoms with Gasteiger partial charge in [0.1, 0.15) is 5.82 Å². The first-order valence-electron chi connectivity index (χ1n) is 8.34. The fourth-order valence-corrected chi connectivity index (χ4v) is 4.37. The molecule has 0 bridgehead atoms. The third-order valence-electron chi connectivity index (χ3n) is 4.34. The summed E-state index contributed by atoms with van der Waals surface area (Å²) in [5.41, 5.74) is 2.29. The number of hydrogen-bond donors (Lipinski definition) is 0. The maximum absolute atomic E-state index is 13.3. The molecule has 5 aromatic rings. The third-order valence-corrected chi connectivity index (χ3v) is 5.85. The topological polar surface area (TPSA) is 47.8 Å². The average Bonchev–Trinajstić information content (AvgIpc) is 3.11. The molecule has 0 fully saturated rings. The molecule has 0 saturated heterocycles. The van der Waals surface area contributed by atoms with E-state index in [9.17, 15) is 4.79 Å². The summed E-state index contributed by atoms with van der Waals surface area (Å²) in [6.07, 6.45) is 0. The van der Waals surface area contributed by atoms with Gasteiger partial charge in [-0.25, -0.2) is 14.5 Å². The Morgan fingerprint density at radius 1 is 0.852 bits per heavy atom. The highest BCUT2D eigenvalue weighted by Gasteiger charge is 2.17. The number of para-hydroxylation sites is 1. The van der Waals surface area contributed by atoms with Gasteiger partial charge in [0.05, 0.1) is 21.1 Å². The minimum Gasteiger partial charge on any atom is -0.268 e. The fraction of sp³-hybridized carbons (Fsp3) is 0. The van der Waals surface area contributed by atoms with E-state index in [-0.39, 0.29) is 5.56 Å². The molecule has 5 rings (SSSR count). The van der Waals surface area contributed by atoms with Crippen LogP contribution in [0.2, 0.25) is 0 Å². The highest BCUT2D eigenvalue weighted by molar-refractivity contribution is 9.10. The molecule has 3 aromatic carbocycles. The number of fused-ring (bicyclic) bond motifs is 2. The molecule has 0 saturated carbocycles. The molecule has 2 heterocycles. The van der Waals surface area contributed by atoms with E-state index >= 15 is 0 Å². The summed E-state index contributed by atoms with van der Waals surface area (Å²) in [7, 11) is 0. The standard InChI is InChI=1S/C21H12BrN3OS/c22-14-10-11-18-17(12-14)24-21(27-18)25-19(13-6-2-1-3-7-13)23-16-9-5-4-8-15(16)20(25)26/h1-12H. The molecule has 0 radical (unpaired) electrons. The Labute approximate surface area is 166 Å². The molecule has 0 spiro atoms. The van der Waals surface area contributed by atoms with Gasteiger partial charge in [-0.2, -0.15) is 0 Å². The summed E-state index contributed by atoms with van der Waals surface area (Å²) >= 11 is 4.96. The minimum atomic E-state index is -0.113. The van der Waals surface area contributed by atoms with E-state index in [4.69, 9.17) is 9.97 Å². The Kier molecular flexibility index (Phi) is 3.88. The Morgan fingerprint density at radius 2 is 1.63 bits per heavy atom. The van der Waals surface area contributed by atoms with Gasteiger partial charge in [0.25, 0.3) is 5.56 Å². The lowest BCUT2D eigenvalue weighted by molar-refractivity contribution is 0.965. The van der Waals surface area contributed by atoms with Crippen molar-refractivity contribution in [3.8, 4) is 16.5 Å². The summed E-state index contributed by atoms with van der Waals surface area (Å²) in [5.74, 6) is 0.595. The predicted octanol–water partition coefficient (Wildman–Crippen LogP) is 5.42. The van der Waals surface area contributed by atoms with Crippen LogP contribution < -0.4 is 5.56 Å². The Hall–Kier alpha value is -2.83. The summed E-state index contributed by atoms with van der Waals surface area (Å²) in [5, 5.41) is 1.20. The van der Waals surface area contributed by atoms with Crippen molar-refractivity contribution in [1.29, 1.82) is 0 Å². The molecule has 130 valence electrons. The molecule has 0 unspecified atom stereocenters. The van der Waals surface area contributed by atoms with Crippen LogP contribution in [-0.4, -0.2) is 14.5 Å². The number of rotatable bonds is 2. The van der Waals surface area contributed by atoms with E-state index in [1.54, 1.807) is 10.6 Å². The van der Waals surface area contributed by atoms with Crippen LogP contribution in [0, 0.1) is 0 Å². The quantitative estimate of drug-likeness (QED) is 0.373. The molecule has 0 aliphatic carbocycles. The number of aromatic nitrogens is 3. The van der Waals surface area contributed by atoms with Gasteiger partial charge >= 0.3 is 0 Å². The van der Waals surface area contributed by atoms with E-state index in [2.05, 4.69) is 15.9 Å². The number of benzene rings is 3. The van der Waals surface area contributed by atoms with Gasteiger partial charge in [0.15, 0.2) is 5.13 Å². The Balaban J connectivity index is 1.88. The van der Waals surface area contributed by atoms with Gasteiger partial charge in [-0.1, -0.05) is 69.7 Å². The van der Waals surface area contributed by atoms with Crippen LogP contribution in [0.5, 0.6) is 0 Å².